The Bertz CT molecular complexity index is 937. The second-order valence-electron chi connectivity index (χ2n) is 5.62. The van der Waals surface area contributed by atoms with Crippen LogP contribution >= 0.6 is 0 Å². The minimum Gasteiger partial charge on any atom is -0.262 e. The molecule has 0 radical (unpaired) electrons. The molecule has 0 spiro atoms. The lowest BCUT2D eigenvalue weighted by molar-refractivity contribution is 0.899. The first-order valence-electron chi connectivity index (χ1n) is 7.73. The average Bonchev–Trinajstić information content (AvgIpc) is 3.27. The average molecular weight is 316 g/mol. The van der Waals surface area contributed by atoms with Crippen LogP contribution in [0.5, 0.6) is 0 Å². The Hall–Kier alpha value is -3.28. The van der Waals surface area contributed by atoms with Gasteiger partial charge in [0.2, 0.25) is 0 Å². The van der Waals surface area contributed by atoms with Crippen LogP contribution in [0.2, 0.25) is 0 Å². The van der Waals surface area contributed by atoms with E-state index >= 15 is 0 Å². The zero-order valence-corrected chi connectivity index (χ0v) is 13.2. The maximum absolute atomic E-state index is 4.53. The number of aryl methyl sites for hydroxylation is 1. The molecular weight excluding hydrogens is 300 g/mol. The van der Waals surface area contributed by atoms with Crippen molar-refractivity contribution in [2.45, 2.75) is 13.3 Å². The van der Waals surface area contributed by atoms with Gasteiger partial charge in [-0.25, -0.2) is 9.97 Å². The molecule has 6 nitrogen and oxygen atoms in total. The van der Waals surface area contributed by atoms with Gasteiger partial charge in [0.1, 0.15) is 11.6 Å². The zero-order chi connectivity index (χ0) is 16.4. The van der Waals surface area contributed by atoms with Gasteiger partial charge in [0.25, 0.3) is 0 Å². The van der Waals surface area contributed by atoms with Crippen molar-refractivity contribution in [1.82, 2.24) is 30.4 Å². The molecular formula is C18H16N6. The molecule has 0 amide bonds. The van der Waals surface area contributed by atoms with E-state index in [2.05, 4.69) is 37.3 Å². The van der Waals surface area contributed by atoms with E-state index in [0.29, 0.717) is 18.1 Å². The topological polar surface area (TPSA) is 83.1 Å². The van der Waals surface area contributed by atoms with Gasteiger partial charge in [0, 0.05) is 11.1 Å². The van der Waals surface area contributed by atoms with E-state index in [0.717, 1.165) is 22.8 Å². The second-order valence-corrected chi connectivity index (χ2v) is 5.62. The van der Waals surface area contributed by atoms with Crippen LogP contribution in [-0.4, -0.2) is 30.4 Å². The van der Waals surface area contributed by atoms with Gasteiger partial charge in [-0.2, -0.15) is 10.2 Å². The summed E-state index contributed by atoms with van der Waals surface area (Å²) in [6, 6.07) is 18.0. The molecule has 6 heteroatoms. The van der Waals surface area contributed by atoms with Crippen molar-refractivity contribution >= 4 is 0 Å². The number of aromatic nitrogens is 6. The Balaban J connectivity index is 1.52. The van der Waals surface area contributed by atoms with Crippen molar-refractivity contribution in [3.05, 3.63) is 71.8 Å². The quantitative estimate of drug-likeness (QED) is 0.606. The first-order chi connectivity index (χ1) is 11.8. The van der Waals surface area contributed by atoms with Crippen molar-refractivity contribution in [1.29, 1.82) is 0 Å². The third-order valence-corrected chi connectivity index (χ3v) is 3.74. The van der Waals surface area contributed by atoms with Gasteiger partial charge >= 0.3 is 0 Å². The number of benzene rings is 2. The Morgan fingerprint density at radius 1 is 0.708 bits per heavy atom. The Kier molecular flexibility index (Phi) is 3.63. The van der Waals surface area contributed by atoms with E-state index in [1.54, 1.807) is 0 Å². The zero-order valence-electron chi connectivity index (χ0n) is 13.2. The summed E-state index contributed by atoms with van der Waals surface area (Å²) in [6.07, 6.45) is 0.526. The molecule has 24 heavy (non-hydrogen) atoms. The second kappa shape index (κ2) is 6.08. The van der Waals surface area contributed by atoms with Crippen LogP contribution in [0.3, 0.4) is 0 Å². The Morgan fingerprint density at radius 3 is 1.83 bits per heavy atom. The van der Waals surface area contributed by atoms with Crippen LogP contribution in [0.4, 0.5) is 0 Å². The van der Waals surface area contributed by atoms with E-state index in [1.807, 2.05) is 54.6 Å². The highest BCUT2D eigenvalue weighted by Gasteiger charge is 2.10. The van der Waals surface area contributed by atoms with Gasteiger partial charge in [-0.15, -0.1) is 0 Å². The lowest BCUT2D eigenvalue weighted by atomic mass is 10.1. The summed E-state index contributed by atoms with van der Waals surface area (Å²) < 4.78 is 0. The smallest absolute Gasteiger partial charge is 0.181 e. The molecule has 4 aromatic rings. The summed E-state index contributed by atoms with van der Waals surface area (Å²) in [7, 11) is 0. The van der Waals surface area contributed by atoms with Crippen LogP contribution in [0.15, 0.2) is 54.6 Å². The fraction of sp³-hybridized carbons (Fsp3) is 0.111. The van der Waals surface area contributed by atoms with Crippen LogP contribution in [0.1, 0.15) is 17.2 Å². The van der Waals surface area contributed by atoms with Gasteiger partial charge < -0.3 is 0 Å². The molecule has 0 atom stereocenters. The largest absolute Gasteiger partial charge is 0.262 e. The molecule has 2 aromatic heterocycles. The summed E-state index contributed by atoms with van der Waals surface area (Å²) in [5.74, 6) is 2.87. The van der Waals surface area contributed by atoms with Gasteiger partial charge in [-0.05, 0) is 6.92 Å². The van der Waals surface area contributed by atoms with Crippen LogP contribution in [-0.2, 0) is 6.42 Å². The fourth-order valence-corrected chi connectivity index (χ4v) is 2.46. The third-order valence-electron chi connectivity index (χ3n) is 3.74. The van der Waals surface area contributed by atoms with E-state index in [-0.39, 0.29) is 0 Å². The number of hydrogen-bond acceptors (Lipinski definition) is 4. The third kappa shape index (κ3) is 2.94. The molecule has 4 rings (SSSR count). The Morgan fingerprint density at radius 2 is 1.25 bits per heavy atom. The van der Waals surface area contributed by atoms with Crippen molar-refractivity contribution in [2.75, 3.05) is 0 Å². The predicted octanol–water partition coefficient (Wildman–Crippen LogP) is 3.16. The normalized spacial score (nSPS) is 10.9. The highest BCUT2D eigenvalue weighted by atomic mass is 15.2. The first-order valence-corrected chi connectivity index (χ1v) is 7.73. The van der Waals surface area contributed by atoms with Gasteiger partial charge in [0.15, 0.2) is 11.6 Å². The summed E-state index contributed by atoms with van der Waals surface area (Å²) in [5, 5.41) is 14.5. The lowest BCUT2D eigenvalue weighted by Crippen LogP contribution is -1.93. The molecule has 0 bridgehead atoms. The maximum Gasteiger partial charge on any atom is 0.181 e. The highest BCUT2D eigenvalue weighted by molar-refractivity contribution is 5.55. The van der Waals surface area contributed by atoms with Crippen LogP contribution in [0.25, 0.3) is 22.8 Å². The van der Waals surface area contributed by atoms with Crippen molar-refractivity contribution in [3.8, 4) is 22.8 Å². The SMILES string of the molecule is Cc1ccc(-c2n[nH]c(Cc3nc(-c4ccccc4)n[nH]3)n2)cc1. The van der Waals surface area contributed by atoms with E-state index in [1.165, 1.54) is 5.56 Å². The fourth-order valence-electron chi connectivity index (χ4n) is 2.46. The number of hydrogen-bond donors (Lipinski definition) is 2. The minimum atomic E-state index is 0.526. The molecule has 2 heterocycles. The molecule has 0 saturated carbocycles. The van der Waals surface area contributed by atoms with Crippen LogP contribution < -0.4 is 0 Å². The summed E-state index contributed by atoms with van der Waals surface area (Å²) in [4.78, 5) is 9.05. The number of H-pyrrole nitrogens is 2. The van der Waals surface area contributed by atoms with Crippen molar-refractivity contribution in [2.24, 2.45) is 0 Å². The summed E-state index contributed by atoms with van der Waals surface area (Å²) in [6.45, 7) is 2.06. The van der Waals surface area contributed by atoms with Crippen LogP contribution in [0, 0.1) is 6.92 Å². The first kappa shape index (κ1) is 14.3. The minimum absolute atomic E-state index is 0.526. The molecule has 2 N–H and O–H groups in total. The molecule has 0 aliphatic rings. The number of nitrogens with one attached hydrogen (secondary N) is 2. The van der Waals surface area contributed by atoms with E-state index in [9.17, 15) is 0 Å². The van der Waals surface area contributed by atoms with Crippen molar-refractivity contribution < 1.29 is 0 Å². The molecule has 0 aliphatic carbocycles. The van der Waals surface area contributed by atoms with Gasteiger partial charge in [0.05, 0.1) is 6.42 Å². The molecule has 0 saturated heterocycles. The molecule has 0 fully saturated rings. The highest BCUT2D eigenvalue weighted by Crippen LogP contribution is 2.17. The van der Waals surface area contributed by atoms with Gasteiger partial charge in [-0.3, -0.25) is 10.2 Å². The Labute approximate surface area is 139 Å². The summed E-state index contributed by atoms with van der Waals surface area (Å²) in [5.41, 5.74) is 3.19. The van der Waals surface area contributed by atoms with Gasteiger partial charge in [-0.1, -0.05) is 60.2 Å². The predicted molar refractivity (Wildman–Crippen MR) is 91.2 cm³/mol. The van der Waals surface area contributed by atoms with E-state index < -0.39 is 0 Å². The lowest BCUT2D eigenvalue weighted by Gasteiger charge is -1.95. The molecule has 0 aliphatic heterocycles. The number of rotatable bonds is 4. The summed E-state index contributed by atoms with van der Waals surface area (Å²) >= 11 is 0. The molecule has 2 aromatic carbocycles. The van der Waals surface area contributed by atoms with E-state index in [4.69, 9.17) is 0 Å². The number of aromatic amines is 2. The molecule has 0 unspecified atom stereocenters. The van der Waals surface area contributed by atoms with Crippen molar-refractivity contribution in [3.63, 3.8) is 0 Å². The molecule has 118 valence electrons. The maximum atomic E-state index is 4.53. The standard InChI is InChI=1S/C18H16N6/c1-12-7-9-14(10-8-12)18-20-16(22-24-18)11-15-19-17(23-21-15)13-5-3-2-4-6-13/h2-10H,11H2,1H3,(H,19,21,23)(H,20,22,24). The monoisotopic (exact) mass is 316 g/mol. The number of nitrogens with zero attached hydrogens (tertiary/aromatic N) is 4.